The van der Waals surface area contributed by atoms with Gasteiger partial charge in [-0.1, -0.05) is 0 Å². The molecule has 31 heavy (non-hydrogen) atoms. The first-order valence-electron chi connectivity index (χ1n) is 8.18. The average molecular weight is 530 g/mol. The Morgan fingerprint density at radius 3 is 2.42 bits per heavy atom. The van der Waals surface area contributed by atoms with Crippen molar-refractivity contribution in [3.63, 3.8) is 0 Å². The number of nitrogen functional groups attached to an aromatic ring is 1. The van der Waals surface area contributed by atoms with E-state index in [-0.39, 0.29) is 12.4 Å². The van der Waals surface area contributed by atoms with Crippen LogP contribution in [0.3, 0.4) is 0 Å². The van der Waals surface area contributed by atoms with Crippen molar-refractivity contribution in [2.24, 2.45) is 0 Å². The Morgan fingerprint density at radius 1 is 1.23 bits per heavy atom. The van der Waals surface area contributed by atoms with Crippen molar-refractivity contribution in [1.82, 2.24) is 9.55 Å². The van der Waals surface area contributed by atoms with Crippen LogP contribution in [0.2, 0.25) is 0 Å². The first-order valence-corrected chi connectivity index (χ1v) is 13.1. The van der Waals surface area contributed by atoms with Gasteiger partial charge in [-0.25, -0.2) is 18.5 Å². The normalized spacial score (nSPS) is 28.2. The Labute approximate surface area is 179 Å². The SMILES string of the molecule is CCOC1C(COP(=O)(O)OP(=O)(O)OP(=O)(O)O)OC(n2ccc(N)nc2=O)C1Cl. The van der Waals surface area contributed by atoms with Crippen LogP contribution >= 0.6 is 35.1 Å². The maximum absolute atomic E-state index is 12.1. The van der Waals surface area contributed by atoms with E-state index < -0.39 is 59.6 Å². The molecule has 1 aliphatic heterocycles. The van der Waals surface area contributed by atoms with Crippen molar-refractivity contribution in [2.75, 3.05) is 18.9 Å². The van der Waals surface area contributed by atoms with Crippen LogP contribution in [0, 0.1) is 0 Å². The minimum Gasteiger partial charge on any atom is -0.383 e. The minimum atomic E-state index is -5.67. The molecular formula is C11H19ClN3O13P3. The van der Waals surface area contributed by atoms with Crippen molar-refractivity contribution >= 4 is 40.9 Å². The van der Waals surface area contributed by atoms with E-state index in [2.05, 4.69) is 18.1 Å². The zero-order valence-electron chi connectivity index (χ0n) is 15.5. The van der Waals surface area contributed by atoms with Crippen LogP contribution < -0.4 is 11.4 Å². The predicted octanol–water partition coefficient (Wildman–Crippen LogP) is 0.0787. The summed E-state index contributed by atoms with van der Waals surface area (Å²) < 4.78 is 57.8. The summed E-state index contributed by atoms with van der Waals surface area (Å²) in [5.41, 5.74) is 4.64. The molecule has 0 spiro atoms. The van der Waals surface area contributed by atoms with Crippen molar-refractivity contribution in [3.05, 3.63) is 22.7 Å². The summed E-state index contributed by atoms with van der Waals surface area (Å²) in [6, 6.07) is 1.31. The molecule has 1 fully saturated rings. The van der Waals surface area contributed by atoms with E-state index in [1.54, 1.807) is 6.92 Å². The molecule has 2 rings (SSSR count). The first-order chi connectivity index (χ1) is 14.1. The second-order valence-corrected chi connectivity index (χ2v) is 10.8. The Bertz CT molecular complexity index is 985. The molecule has 6 atom stereocenters. The second kappa shape index (κ2) is 10.1. The van der Waals surface area contributed by atoms with Crippen LogP contribution in [0.5, 0.6) is 0 Å². The highest BCUT2D eigenvalue weighted by molar-refractivity contribution is 7.66. The highest BCUT2D eigenvalue weighted by Gasteiger charge is 2.48. The minimum absolute atomic E-state index is 0.0454. The number of nitrogens with zero attached hydrogens (tertiary/aromatic N) is 2. The Hall–Kier alpha value is -0.700. The molecule has 0 bridgehead atoms. The third-order valence-electron chi connectivity index (χ3n) is 3.57. The van der Waals surface area contributed by atoms with Crippen LogP contribution in [0.15, 0.2) is 17.1 Å². The molecule has 0 radical (unpaired) electrons. The van der Waals surface area contributed by atoms with E-state index >= 15 is 0 Å². The third-order valence-corrected chi connectivity index (χ3v) is 7.84. The molecule has 1 aliphatic rings. The topological polar surface area (TPSA) is 239 Å². The fraction of sp³-hybridized carbons (Fsp3) is 0.636. The summed E-state index contributed by atoms with van der Waals surface area (Å²) in [4.78, 5) is 51.4. The molecule has 0 aromatic carbocycles. The fourth-order valence-corrected chi connectivity index (χ4v) is 5.98. The molecule has 16 nitrogen and oxygen atoms in total. The highest BCUT2D eigenvalue weighted by atomic mass is 35.5. The number of hydrogen-bond acceptors (Lipinski definition) is 11. The van der Waals surface area contributed by atoms with Crippen LogP contribution in [0.1, 0.15) is 13.2 Å². The standard InChI is InChI=1S/C11H19ClN3O13P3/c1-2-24-9-6(5-25-30(20,21)28-31(22,23)27-29(17,18)19)26-10(8(9)12)15-4-3-7(13)14-11(15)16/h3-4,6,8-10H,2,5H2,1H3,(H,20,21)(H,22,23)(H2,13,14,16)(H2,17,18,19). The van der Waals surface area contributed by atoms with Crippen LogP contribution in [0.4, 0.5) is 5.82 Å². The summed E-state index contributed by atoms with van der Waals surface area (Å²) in [5.74, 6) is -0.0454. The smallest absolute Gasteiger partial charge is 0.383 e. The lowest BCUT2D eigenvalue weighted by Crippen LogP contribution is -2.35. The van der Waals surface area contributed by atoms with Gasteiger partial charge in [0.25, 0.3) is 0 Å². The number of ether oxygens (including phenoxy) is 2. The van der Waals surface area contributed by atoms with Crippen LogP contribution in [0.25, 0.3) is 0 Å². The van der Waals surface area contributed by atoms with Gasteiger partial charge in [0.1, 0.15) is 23.4 Å². The Kier molecular flexibility index (Phi) is 8.62. The van der Waals surface area contributed by atoms with Gasteiger partial charge in [-0.15, -0.1) is 11.6 Å². The van der Waals surface area contributed by atoms with Gasteiger partial charge in [0.2, 0.25) is 0 Å². The molecule has 1 aromatic rings. The molecule has 0 amide bonds. The molecule has 1 aromatic heterocycles. The molecule has 1 saturated heterocycles. The number of phosphoric acid groups is 3. The van der Waals surface area contributed by atoms with Gasteiger partial charge in [0.05, 0.1) is 6.61 Å². The predicted molar refractivity (Wildman–Crippen MR) is 102 cm³/mol. The lowest BCUT2D eigenvalue weighted by atomic mass is 10.2. The lowest BCUT2D eigenvalue weighted by molar-refractivity contribution is -0.0591. The Morgan fingerprint density at radius 2 is 1.87 bits per heavy atom. The highest BCUT2D eigenvalue weighted by Crippen LogP contribution is 2.66. The van der Waals surface area contributed by atoms with Crippen LogP contribution in [-0.2, 0) is 36.3 Å². The Balaban J connectivity index is 2.13. The van der Waals surface area contributed by atoms with Gasteiger partial charge >= 0.3 is 29.2 Å². The van der Waals surface area contributed by atoms with Gasteiger partial charge in [-0.3, -0.25) is 9.09 Å². The molecule has 6 N–H and O–H groups in total. The summed E-state index contributed by atoms with van der Waals surface area (Å²) in [6.45, 7) is 0.948. The molecule has 0 aliphatic carbocycles. The third kappa shape index (κ3) is 7.69. The number of alkyl halides is 1. The largest absolute Gasteiger partial charge is 0.490 e. The van der Waals surface area contributed by atoms with E-state index in [4.69, 9.17) is 36.6 Å². The zero-order valence-corrected chi connectivity index (χ0v) is 19.0. The molecular weight excluding hydrogens is 511 g/mol. The van der Waals surface area contributed by atoms with Gasteiger partial charge in [0, 0.05) is 12.8 Å². The maximum atomic E-state index is 12.1. The lowest BCUT2D eigenvalue weighted by Gasteiger charge is -2.21. The van der Waals surface area contributed by atoms with Crippen molar-refractivity contribution in [2.45, 2.75) is 30.7 Å². The molecule has 20 heteroatoms. The number of rotatable bonds is 10. The van der Waals surface area contributed by atoms with Gasteiger partial charge < -0.3 is 34.8 Å². The number of anilines is 1. The molecule has 6 unspecified atom stereocenters. The van der Waals surface area contributed by atoms with E-state index in [1.165, 1.54) is 12.3 Å². The van der Waals surface area contributed by atoms with Crippen LogP contribution in [-0.4, -0.2) is 59.9 Å². The van der Waals surface area contributed by atoms with Gasteiger partial charge in [0.15, 0.2) is 6.23 Å². The van der Waals surface area contributed by atoms with E-state index in [0.29, 0.717) is 0 Å². The molecule has 0 saturated carbocycles. The number of halogens is 1. The monoisotopic (exact) mass is 529 g/mol. The van der Waals surface area contributed by atoms with Crippen molar-refractivity contribution < 1.29 is 55.9 Å². The molecule has 178 valence electrons. The number of phosphoric ester groups is 1. The first kappa shape index (κ1) is 26.6. The summed E-state index contributed by atoms with van der Waals surface area (Å²) in [7, 11) is -16.6. The number of hydrogen-bond donors (Lipinski definition) is 5. The quantitative estimate of drug-likeness (QED) is 0.199. The van der Waals surface area contributed by atoms with E-state index in [9.17, 15) is 28.3 Å². The summed E-state index contributed by atoms with van der Waals surface area (Å²) in [6.07, 6.45) is -2.04. The van der Waals surface area contributed by atoms with E-state index in [0.717, 1.165) is 4.57 Å². The fourth-order valence-electron chi connectivity index (χ4n) is 2.53. The zero-order chi connectivity index (χ0) is 23.6. The van der Waals surface area contributed by atoms with Crippen molar-refractivity contribution in [3.8, 4) is 0 Å². The van der Waals surface area contributed by atoms with E-state index in [1.807, 2.05) is 0 Å². The molecule has 2 heterocycles. The number of aromatic nitrogens is 2. The number of nitrogens with two attached hydrogens (primary N) is 1. The van der Waals surface area contributed by atoms with Crippen molar-refractivity contribution in [1.29, 1.82) is 0 Å². The second-order valence-electron chi connectivity index (χ2n) is 5.86. The average Bonchev–Trinajstić information content (AvgIpc) is 2.87. The summed E-state index contributed by atoms with van der Waals surface area (Å²) >= 11 is 6.31. The summed E-state index contributed by atoms with van der Waals surface area (Å²) in [5, 5.41) is -1.00. The van der Waals surface area contributed by atoms with Gasteiger partial charge in [-0.2, -0.15) is 13.6 Å². The van der Waals surface area contributed by atoms with Gasteiger partial charge in [-0.05, 0) is 13.0 Å². The maximum Gasteiger partial charge on any atom is 0.490 e.